The molecule has 1 fully saturated rings. The van der Waals surface area contributed by atoms with Gasteiger partial charge in [0.1, 0.15) is 41.7 Å². The minimum absolute atomic E-state index is 0.00377. The van der Waals surface area contributed by atoms with E-state index in [1.165, 1.54) is 6.33 Å². The molecule has 1 aliphatic rings. The minimum Gasteiger partial charge on any atom is -0.497 e. The maximum Gasteiger partial charge on any atom is 0.259 e. The van der Waals surface area contributed by atoms with Gasteiger partial charge in [-0.2, -0.15) is 5.26 Å². The Kier molecular flexibility index (Phi) is 16.9. The summed E-state index contributed by atoms with van der Waals surface area (Å²) in [5.74, 6) is 1.31. The van der Waals surface area contributed by atoms with Crippen LogP contribution in [0, 0.1) is 11.3 Å². The summed E-state index contributed by atoms with van der Waals surface area (Å²) in [7, 11) is -1.19. The van der Waals surface area contributed by atoms with Crippen LogP contribution >= 0.6 is 8.53 Å². The van der Waals surface area contributed by atoms with E-state index >= 15 is 0 Å². The highest BCUT2D eigenvalue weighted by atomic mass is 31.2. The first kappa shape index (κ1) is 52.2. The molecule has 5 atom stereocenters. The third-order valence-corrected chi connectivity index (χ3v) is 19.5. The molecule has 70 heavy (non-hydrogen) atoms. The second kappa shape index (κ2) is 22.6. The Balaban J connectivity index is 1.41. The highest BCUT2D eigenvalue weighted by Crippen LogP contribution is 2.53. The number of aromatic nitrogens is 4. The molecule has 0 radical (unpaired) electrons. The lowest BCUT2D eigenvalue weighted by molar-refractivity contribution is -0.0926. The second-order valence-electron chi connectivity index (χ2n) is 19.2. The van der Waals surface area contributed by atoms with E-state index in [0.717, 1.165) is 16.7 Å². The SMILES string of the molecule is COc1ccc(C(OCC2O[C@@H](n3cnc4c(NC(=O)c5ccccc5)ncnc43)[C@H](O[Si](C)(C)C(C)(C)C)[C@@H]2OP(OCCC#N)N(C(C)C)C(C)C)(c2ccccc2)c2ccc(OC)cc2)cc1. The molecule has 0 bridgehead atoms. The Morgan fingerprint density at radius 1 is 0.829 bits per heavy atom. The van der Waals surface area contributed by atoms with Crippen LogP contribution in [0.3, 0.4) is 0 Å². The normalized spacial score (nSPS) is 18.1. The number of amides is 1. The van der Waals surface area contributed by atoms with Crippen LogP contribution in [-0.2, 0) is 28.5 Å². The van der Waals surface area contributed by atoms with Crippen molar-refractivity contribution < 1.29 is 37.2 Å². The third-order valence-electron chi connectivity index (χ3n) is 12.9. The number of fused-ring (bicyclic) bond motifs is 1. The molecule has 3 heterocycles. The lowest BCUT2D eigenvalue weighted by atomic mass is 9.80. The average Bonchev–Trinajstić information content (AvgIpc) is 3.93. The largest absolute Gasteiger partial charge is 0.497 e. The Hall–Kier alpha value is -5.60. The zero-order valence-electron chi connectivity index (χ0n) is 42.0. The van der Waals surface area contributed by atoms with Crippen LogP contribution in [0.1, 0.15) is 88.2 Å². The third kappa shape index (κ3) is 11.3. The predicted octanol–water partition coefficient (Wildman–Crippen LogP) is 11.1. The summed E-state index contributed by atoms with van der Waals surface area (Å²) < 4.78 is 51.8. The maximum atomic E-state index is 13.5. The molecule has 370 valence electrons. The van der Waals surface area contributed by atoms with E-state index in [0.29, 0.717) is 28.2 Å². The first-order valence-corrected chi connectivity index (χ1v) is 27.7. The van der Waals surface area contributed by atoms with Gasteiger partial charge in [0.05, 0.1) is 46.3 Å². The van der Waals surface area contributed by atoms with Crippen molar-refractivity contribution in [3.63, 3.8) is 0 Å². The zero-order chi connectivity index (χ0) is 50.2. The number of ether oxygens (including phenoxy) is 4. The van der Waals surface area contributed by atoms with Crippen molar-refractivity contribution >= 4 is 39.7 Å². The van der Waals surface area contributed by atoms with Crippen LogP contribution in [0.2, 0.25) is 18.1 Å². The number of nitrogens with one attached hydrogen (secondary N) is 1. The summed E-state index contributed by atoms with van der Waals surface area (Å²) in [4.78, 5) is 27.5. The minimum atomic E-state index is -2.66. The molecule has 0 spiro atoms. The second-order valence-corrected chi connectivity index (χ2v) is 25.4. The molecule has 1 aliphatic heterocycles. The van der Waals surface area contributed by atoms with E-state index in [1.54, 1.807) is 44.8 Å². The highest BCUT2D eigenvalue weighted by Gasteiger charge is 2.54. The van der Waals surface area contributed by atoms with Gasteiger partial charge in [0, 0.05) is 17.6 Å². The Morgan fingerprint density at radius 2 is 1.40 bits per heavy atom. The molecule has 1 amide bonds. The lowest BCUT2D eigenvalue weighted by Gasteiger charge is -2.42. The predicted molar refractivity (Wildman–Crippen MR) is 274 cm³/mol. The van der Waals surface area contributed by atoms with Crippen LogP contribution in [0.25, 0.3) is 11.2 Å². The summed E-state index contributed by atoms with van der Waals surface area (Å²) in [6.07, 6.45) is -0.0410. The number of imidazole rings is 1. The summed E-state index contributed by atoms with van der Waals surface area (Å²) >= 11 is 0. The summed E-state index contributed by atoms with van der Waals surface area (Å²) in [5.41, 5.74) is 2.64. The van der Waals surface area contributed by atoms with Gasteiger partial charge in [0.2, 0.25) is 0 Å². The van der Waals surface area contributed by atoms with Gasteiger partial charge in [-0.3, -0.25) is 9.36 Å². The zero-order valence-corrected chi connectivity index (χ0v) is 43.9. The van der Waals surface area contributed by atoms with Crippen molar-refractivity contribution in [2.45, 2.75) is 115 Å². The number of methoxy groups -OCH3 is 2. The number of nitrogens with zero attached hydrogens (tertiary/aromatic N) is 6. The molecule has 0 saturated carbocycles. The first-order valence-electron chi connectivity index (χ1n) is 23.6. The molecule has 7 rings (SSSR count). The molecule has 2 aromatic heterocycles. The van der Waals surface area contributed by atoms with Gasteiger partial charge in [-0.05, 0) is 98.9 Å². The van der Waals surface area contributed by atoms with E-state index < -0.39 is 47.0 Å². The van der Waals surface area contributed by atoms with Crippen molar-refractivity contribution in [3.05, 3.63) is 144 Å². The molecule has 17 heteroatoms. The number of hydrogen-bond donors (Lipinski definition) is 1. The monoisotopic (exact) mass is 987 g/mol. The van der Waals surface area contributed by atoms with E-state index in [1.807, 2.05) is 77.4 Å². The van der Waals surface area contributed by atoms with Crippen LogP contribution in [-0.4, -0.2) is 96.2 Å². The van der Waals surface area contributed by atoms with Crippen LogP contribution in [0.4, 0.5) is 5.82 Å². The molecule has 1 saturated heterocycles. The Bertz CT molecular complexity index is 2620. The van der Waals surface area contributed by atoms with Gasteiger partial charge >= 0.3 is 0 Å². The fraction of sp³-hybridized carbons (Fsp3) is 0.415. The fourth-order valence-electron chi connectivity index (χ4n) is 8.41. The van der Waals surface area contributed by atoms with Crippen molar-refractivity contribution in [1.29, 1.82) is 5.26 Å². The van der Waals surface area contributed by atoms with Crippen LogP contribution < -0.4 is 14.8 Å². The summed E-state index contributed by atoms with van der Waals surface area (Å²) in [6.45, 7) is 19.6. The van der Waals surface area contributed by atoms with Gasteiger partial charge in [0.15, 0.2) is 31.5 Å². The number of hydrogen-bond acceptors (Lipinski definition) is 13. The lowest BCUT2D eigenvalue weighted by Crippen LogP contribution is -2.50. The van der Waals surface area contributed by atoms with Gasteiger partial charge < -0.3 is 37.7 Å². The average molecular weight is 988 g/mol. The number of nitriles is 1. The van der Waals surface area contributed by atoms with Crippen molar-refractivity contribution in [1.82, 2.24) is 24.2 Å². The van der Waals surface area contributed by atoms with Gasteiger partial charge in [-0.15, -0.1) is 0 Å². The number of rotatable bonds is 21. The molecule has 6 aromatic rings. The standard InChI is InChI=1S/C53H66N7O8PSi/c1-36(2)60(37(3)4)69(65-32-18-31-54)67-46-44(33-64-53(39-21-16-13-17-22-39,40-23-27-42(62-8)28-24-40)41-25-29-43(63-9)30-26-41)66-51(47(46)68-70(10,11)52(5,6)7)59-35-57-45-48(55-34-56-49(45)59)58-50(61)38-19-14-12-15-20-38/h12-17,19-30,34-37,44,46-47,51H,18,32-33H2,1-11H3,(H,55,56,58,61)/t44?,46-,47-,51-,69?/m1/s1. The van der Waals surface area contributed by atoms with Crippen molar-refractivity contribution in [3.8, 4) is 17.6 Å². The van der Waals surface area contributed by atoms with Crippen LogP contribution in [0.15, 0.2) is 122 Å². The van der Waals surface area contributed by atoms with Gasteiger partial charge in [0.25, 0.3) is 14.4 Å². The molecular weight excluding hydrogens is 922 g/mol. The van der Waals surface area contributed by atoms with Crippen molar-refractivity contribution in [2.24, 2.45) is 0 Å². The maximum absolute atomic E-state index is 13.5. The number of carbonyl (C=O) groups excluding carboxylic acids is 1. The van der Waals surface area contributed by atoms with Crippen LogP contribution in [0.5, 0.6) is 11.5 Å². The molecule has 2 unspecified atom stereocenters. The van der Waals surface area contributed by atoms with Gasteiger partial charge in [-0.1, -0.05) is 93.6 Å². The molecule has 15 nitrogen and oxygen atoms in total. The molecular formula is C53H66N7O8PSi. The molecule has 0 aliphatic carbocycles. The number of carbonyl (C=O) groups is 1. The Labute approximate surface area is 414 Å². The summed E-state index contributed by atoms with van der Waals surface area (Å²) in [5, 5.41) is 12.4. The fourth-order valence-corrected chi connectivity index (χ4v) is 11.5. The topological polar surface area (TPSA) is 164 Å². The van der Waals surface area contributed by atoms with E-state index in [-0.39, 0.29) is 48.5 Å². The summed E-state index contributed by atoms with van der Waals surface area (Å²) in [6, 6.07) is 37.0. The van der Waals surface area contributed by atoms with Gasteiger partial charge in [-0.25, -0.2) is 19.6 Å². The smallest absolute Gasteiger partial charge is 0.259 e. The quantitative estimate of drug-likeness (QED) is 0.0314. The number of anilines is 1. The van der Waals surface area contributed by atoms with Crippen molar-refractivity contribution in [2.75, 3.05) is 32.8 Å². The Morgan fingerprint density at radius 3 is 1.94 bits per heavy atom. The van der Waals surface area contributed by atoms with E-state index in [4.69, 9.17) is 42.4 Å². The van der Waals surface area contributed by atoms with E-state index in [2.05, 4.69) is 94.7 Å². The molecule has 4 aromatic carbocycles. The number of benzene rings is 4. The first-order chi connectivity index (χ1) is 33.5. The highest BCUT2D eigenvalue weighted by molar-refractivity contribution is 7.44. The molecule has 1 N–H and O–H groups in total. The van der Waals surface area contributed by atoms with E-state index in [9.17, 15) is 10.1 Å².